The summed E-state index contributed by atoms with van der Waals surface area (Å²) in [4.78, 5) is 30.3. The molecule has 0 radical (unpaired) electrons. The third-order valence-corrected chi connectivity index (χ3v) is 6.57. The van der Waals surface area contributed by atoms with Crippen molar-refractivity contribution in [3.63, 3.8) is 0 Å². The number of nitrogens with zero attached hydrogens (tertiary/aromatic N) is 2. The van der Waals surface area contributed by atoms with Crippen LogP contribution in [0.5, 0.6) is 11.5 Å². The van der Waals surface area contributed by atoms with Crippen molar-refractivity contribution in [2.75, 3.05) is 47.6 Å². The molecule has 210 valence electrons. The molecule has 2 aromatic carbocycles. The summed E-state index contributed by atoms with van der Waals surface area (Å²) >= 11 is 0. The van der Waals surface area contributed by atoms with Gasteiger partial charge in [0.25, 0.3) is 5.91 Å². The third kappa shape index (κ3) is 8.35. The van der Waals surface area contributed by atoms with Gasteiger partial charge in [0.2, 0.25) is 5.91 Å². The summed E-state index contributed by atoms with van der Waals surface area (Å²) in [7, 11) is 4.77. The summed E-state index contributed by atoms with van der Waals surface area (Å²) in [5, 5.41) is 0. The molecule has 8 nitrogen and oxygen atoms in total. The maximum Gasteiger partial charge on any atom is 0.254 e. The number of furan rings is 1. The van der Waals surface area contributed by atoms with Crippen LogP contribution >= 0.6 is 0 Å². The molecule has 0 unspecified atom stereocenters. The molecule has 8 heteroatoms. The standard InChI is InChI=1S/C31H40N2O6/c1-31(2,3)25-12-10-24(11-13-25)30(35)33(17-19-36-4)22-29(34)32(21-26-8-7-18-39-26)16-15-23-9-14-27(37-5)28(20-23)38-6/h7-14,18,20H,15-17,19,21-22H2,1-6H3. The van der Waals surface area contributed by atoms with Gasteiger partial charge in [-0.05, 0) is 59.4 Å². The van der Waals surface area contributed by atoms with Crippen molar-refractivity contribution < 1.29 is 28.2 Å². The van der Waals surface area contributed by atoms with Gasteiger partial charge in [0.05, 0.1) is 33.6 Å². The minimum Gasteiger partial charge on any atom is -0.493 e. The molecule has 0 aliphatic carbocycles. The van der Waals surface area contributed by atoms with Crippen molar-refractivity contribution >= 4 is 11.8 Å². The summed E-state index contributed by atoms with van der Waals surface area (Å²) in [5.74, 6) is 1.56. The fourth-order valence-corrected chi connectivity index (χ4v) is 4.20. The number of methoxy groups -OCH3 is 3. The van der Waals surface area contributed by atoms with Crippen LogP contribution in [0.15, 0.2) is 65.3 Å². The smallest absolute Gasteiger partial charge is 0.254 e. The SMILES string of the molecule is COCCN(CC(=O)N(CCc1ccc(OC)c(OC)c1)Cc1ccco1)C(=O)c1ccc(C(C)(C)C)cc1. The van der Waals surface area contributed by atoms with Crippen molar-refractivity contribution in [2.45, 2.75) is 39.2 Å². The van der Waals surface area contributed by atoms with Crippen LogP contribution in [0.1, 0.15) is 48.0 Å². The molecule has 0 N–H and O–H groups in total. The second kappa shape index (κ2) is 13.8. The molecule has 0 aliphatic rings. The highest BCUT2D eigenvalue weighted by Gasteiger charge is 2.24. The van der Waals surface area contributed by atoms with Crippen LogP contribution in [0, 0.1) is 0 Å². The average molecular weight is 537 g/mol. The van der Waals surface area contributed by atoms with Crippen molar-refractivity contribution in [2.24, 2.45) is 0 Å². The molecule has 2 amide bonds. The van der Waals surface area contributed by atoms with Crippen molar-refractivity contribution in [1.82, 2.24) is 9.80 Å². The highest BCUT2D eigenvalue weighted by Crippen LogP contribution is 2.28. The second-order valence-corrected chi connectivity index (χ2v) is 10.4. The predicted molar refractivity (Wildman–Crippen MR) is 150 cm³/mol. The first kappa shape index (κ1) is 29.8. The van der Waals surface area contributed by atoms with Gasteiger partial charge < -0.3 is 28.4 Å². The number of carbonyl (C=O) groups is 2. The Morgan fingerprint density at radius 3 is 2.18 bits per heavy atom. The van der Waals surface area contributed by atoms with Crippen molar-refractivity contribution in [3.8, 4) is 11.5 Å². The van der Waals surface area contributed by atoms with E-state index in [1.807, 2.05) is 48.5 Å². The summed E-state index contributed by atoms with van der Waals surface area (Å²) in [5.41, 5.74) is 2.65. The van der Waals surface area contributed by atoms with Crippen LogP contribution in [0.3, 0.4) is 0 Å². The van der Waals surface area contributed by atoms with Crippen LogP contribution in [0.4, 0.5) is 0 Å². The first-order valence-corrected chi connectivity index (χ1v) is 13.1. The highest BCUT2D eigenvalue weighted by molar-refractivity contribution is 5.96. The van der Waals surface area contributed by atoms with Gasteiger partial charge in [0, 0.05) is 25.8 Å². The molecule has 0 aliphatic heterocycles. The molecule has 3 rings (SSSR count). The fourth-order valence-electron chi connectivity index (χ4n) is 4.20. The second-order valence-electron chi connectivity index (χ2n) is 10.4. The zero-order valence-corrected chi connectivity index (χ0v) is 23.9. The van der Waals surface area contributed by atoms with Crippen LogP contribution < -0.4 is 9.47 Å². The van der Waals surface area contributed by atoms with Crippen molar-refractivity contribution in [3.05, 3.63) is 83.3 Å². The van der Waals surface area contributed by atoms with Gasteiger partial charge in [-0.3, -0.25) is 9.59 Å². The minimum absolute atomic E-state index is 0.0203. The first-order chi connectivity index (χ1) is 18.7. The molecule has 0 atom stereocenters. The zero-order valence-electron chi connectivity index (χ0n) is 23.9. The monoisotopic (exact) mass is 536 g/mol. The lowest BCUT2D eigenvalue weighted by molar-refractivity contribution is -0.132. The number of amides is 2. The predicted octanol–water partition coefficient (Wildman–Crippen LogP) is 4.95. The van der Waals surface area contributed by atoms with Gasteiger partial charge in [-0.25, -0.2) is 0 Å². The molecular formula is C31H40N2O6. The van der Waals surface area contributed by atoms with E-state index in [1.165, 1.54) is 0 Å². The Kier molecular flexibility index (Phi) is 10.6. The summed E-state index contributed by atoms with van der Waals surface area (Å²) in [6.45, 7) is 7.66. The van der Waals surface area contributed by atoms with E-state index in [1.54, 1.807) is 43.5 Å². The van der Waals surface area contributed by atoms with E-state index in [0.29, 0.717) is 55.5 Å². The molecule has 0 spiro atoms. The lowest BCUT2D eigenvalue weighted by Crippen LogP contribution is -2.44. The van der Waals surface area contributed by atoms with Gasteiger partial charge in [-0.2, -0.15) is 0 Å². The Morgan fingerprint density at radius 1 is 0.872 bits per heavy atom. The van der Waals surface area contributed by atoms with Gasteiger partial charge in [0.1, 0.15) is 12.3 Å². The van der Waals surface area contributed by atoms with Gasteiger partial charge in [-0.1, -0.05) is 39.0 Å². The number of rotatable bonds is 13. The molecular weight excluding hydrogens is 496 g/mol. The van der Waals surface area contributed by atoms with Crippen molar-refractivity contribution in [1.29, 1.82) is 0 Å². The van der Waals surface area contributed by atoms with E-state index < -0.39 is 0 Å². The normalized spacial score (nSPS) is 11.2. The molecule has 1 aromatic heterocycles. The number of hydrogen-bond donors (Lipinski definition) is 0. The van der Waals surface area contributed by atoms with Crippen LogP contribution in [0.2, 0.25) is 0 Å². The Morgan fingerprint density at radius 2 is 1.59 bits per heavy atom. The molecule has 39 heavy (non-hydrogen) atoms. The van der Waals surface area contributed by atoms with E-state index in [0.717, 1.165) is 11.1 Å². The summed E-state index contributed by atoms with van der Waals surface area (Å²) in [6.07, 6.45) is 2.18. The molecule has 0 saturated heterocycles. The Balaban J connectivity index is 1.78. The first-order valence-electron chi connectivity index (χ1n) is 13.1. The third-order valence-electron chi connectivity index (χ3n) is 6.57. The Hall–Kier alpha value is -3.78. The molecule has 1 heterocycles. The number of benzene rings is 2. The number of hydrogen-bond acceptors (Lipinski definition) is 6. The molecule has 0 bridgehead atoms. The van der Waals surface area contributed by atoms with Crippen LogP contribution in [-0.4, -0.2) is 69.2 Å². The number of ether oxygens (including phenoxy) is 3. The van der Waals surface area contributed by atoms with E-state index >= 15 is 0 Å². The van der Waals surface area contributed by atoms with Crippen LogP contribution in [-0.2, 0) is 27.9 Å². The summed E-state index contributed by atoms with van der Waals surface area (Å²) < 4.78 is 21.5. The summed E-state index contributed by atoms with van der Waals surface area (Å²) in [6, 6.07) is 16.9. The molecule has 3 aromatic rings. The van der Waals surface area contributed by atoms with E-state index in [2.05, 4.69) is 20.8 Å². The van der Waals surface area contributed by atoms with E-state index in [9.17, 15) is 9.59 Å². The van der Waals surface area contributed by atoms with Gasteiger partial charge >= 0.3 is 0 Å². The van der Waals surface area contributed by atoms with Gasteiger partial charge in [0.15, 0.2) is 11.5 Å². The zero-order chi connectivity index (χ0) is 28.4. The topological polar surface area (TPSA) is 81.5 Å². The number of carbonyl (C=O) groups excluding carboxylic acids is 2. The lowest BCUT2D eigenvalue weighted by Gasteiger charge is -2.27. The maximum atomic E-state index is 13.6. The lowest BCUT2D eigenvalue weighted by atomic mass is 9.86. The van der Waals surface area contributed by atoms with E-state index in [-0.39, 0.29) is 23.8 Å². The Bertz CT molecular complexity index is 1200. The van der Waals surface area contributed by atoms with Gasteiger partial charge in [-0.15, -0.1) is 0 Å². The average Bonchev–Trinajstić information content (AvgIpc) is 3.45. The quantitative estimate of drug-likeness (QED) is 0.307. The minimum atomic E-state index is -0.210. The van der Waals surface area contributed by atoms with Crippen LogP contribution in [0.25, 0.3) is 0 Å². The Labute approximate surface area is 231 Å². The maximum absolute atomic E-state index is 13.6. The van der Waals surface area contributed by atoms with E-state index in [4.69, 9.17) is 18.6 Å². The highest BCUT2D eigenvalue weighted by atomic mass is 16.5. The molecule has 0 saturated carbocycles. The fraction of sp³-hybridized carbons (Fsp3) is 0.419. The largest absolute Gasteiger partial charge is 0.493 e. The molecule has 0 fully saturated rings.